The van der Waals surface area contributed by atoms with Crippen LogP contribution in [-0.4, -0.2) is 118 Å². The highest BCUT2D eigenvalue weighted by atomic mass is 19.1. The molecule has 4 fully saturated rings. The van der Waals surface area contributed by atoms with Crippen molar-refractivity contribution < 1.29 is 28.7 Å². The lowest BCUT2D eigenvalue weighted by Crippen LogP contribution is -2.55. The molecule has 2 heterocycles. The Morgan fingerprint density at radius 2 is 1.96 bits per heavy atom. The maximum absolute atomic E-state index is 16.1. The molecule has 2 aliphatic heterocycles. The normalized spacial score (nSPS) is 30.8. The number of likely N-dealkylation sites (N-methyl/N-ethyl adjacent to an activating group) is 1. The predicted molar refractivity (Wildman–Crippen MR) is 220 cm³/mol. The summed E-state index contributed by atoms with van der Waals surface area (Å²) in [6.07, 6.45) is 12.4. The van der Waals surface area contributed by atoms with E-state index < -0.39 is 30.1 Å². The predicted octanol–water partition coefficient (Wildman–Crippen LogP) is 5.40. The largest absolute Gasteiger partial charge is 0.496 e. The molecule has 306 valence electrons. The number of allylic oxidation sites excluding steroid dienone is 4. The van der Waals surface area contributed by atoms with Gasteiger partial charge in [-0.15, -0.1) is 0 Å². The minimum Gasteiger partial charge on any atom is -0.496 e. The van der Waals surface area contributed by atoms with Gasteiger partial charge in [-0.2, -0.15) is 5.06 Å². The van der Waals surface area contributed by atoms with Crippen molar-refractivity contribution in [2.75, 3.05) is 59.9 Å². The number of hydrogen-bond acceptors (Lipinski definition) is 9. The van der Waals surface area contributed by atoms with Crippen LogP contribution in [0.2, 0.25) is 0 Å². The maximum atomic E-state index is 16.1. The highest BCUT2D eigenvalue weighted by Gasteiger charge is 2.56. The molecule has 4 aliphatic carbocycles. The lowest BCUT2D eigenvalue weighted by molar-refractivity contribution is -0.148. The van der Waals surface area contributed by atoms with E-state index in [-0.39, 0.29) is 43.5 Å². The standard InChI is InChI=1S/C44H63FN6O5/c1-26-30(17-31-20-38(26)44(31,3)4)22-47-43(54)40-37(27(2)52)25-56-51(40)24-36-39(45)14-13-35(41(36)55-9)28-16-29(19-34(18-28)50(7)8)42(53)48-33(23-49(5)6)21-32-12-10-11-15-46-32/h10-13,15-16,18-19,22,26-27,30-33,37-40,46,52H,14,17,20-21,23-25H2,1-9H3,(H,48,53)/t26-,27+,30?,31?,32?,33+,37+,38+,39?,40+/m1/s1. The van der Waals surface area contributed by atoms with Gasteiger partial charge in [-0.05, 0) is 105 Å². The highest BCUT2D eigenvalue weighted by Crippen LogP contribution is 2.62. The van der Waals surface area contributed by atoms with E-state index >= 15 is 4.39 Å². The summed E-state index contributed by atoms with van der Waals surface area (Å²) in [5.41, 5.74) is 3.29. The number of anilines is 1. The smallest absolute Gasteiger partial charge is 0.265 e. The van der Waals surface area contributed by atoms with Crippen molar-refractivity contribution in [3.63, 3.8) is 0 Å². The van der Waals surface area contributed by atoms with Crippen LogP contribution in [0.25, 0.3) is 5.57 Å². The average Bonchev–Trinajstić information content (AvgIpc) is 3.58. The molecule has 3 N–H and O–H groups in total. The molecule has 12 heteroatoms. The van der Waals surface area contributed by atoms with E-state index in [0.29, 0.717) is 64.2 Å². The Kier molecular flexibility index (Phi) is 12.9. The molecule has 7 rings (SSSR count). The number of nitrogens with one attached hydrogen (secondary N) is 2. The van der Waals surface area contributed by atoms with Crippen molar-refractivity contribution in [2.45, 2.75) is 83.8 Å². The summed E-state index contributed by atoms with van der Waals surface area (Å²) >= 11 is 0. The van der Waals surface area contributed by atoms with Gasteiger partial charge in [0.2, 0.25) is 0 Å². The monoisotopic (exact) mass is 774 g/mol. The summed E-state index contributed by atoms with van der Waals surface area (Å²) in [6.45, 7) is 9.32. The van der Waals surface area contributed by atoms with Gasteiger partial charge in [0.25, 0.3) is 11.8 Å². The molecule has 1 saturated heterocycles. The SMILES string of the molecule is COC1=C(CN2OC[C@@H]([C@H](C)O)[C@H]2C(=O)N=CC2CC3C[C@@H]([C@@H]2C)C3(C)C)C(F)CC=C1c1cc(C(=O)N[C@@H](CC2C=CC=CN2)CN(C)C)cc(N(C)C)c1. The van der Waals surface area contributed by atoms with Gasteiger partial charge in [0.1, 0.15) is 18.0 Å². The molecule has 1 aromatic carbocycles. The molecule has 0 radical (unpaired) electrons. The summed E-state index contributed by atoms with van der Waals surface area (Å²) in [4.78, 5) is 42.4. The number of hydrogen-bond donors (Lipinski definition) is 3. The number of dihydropyridines is 1. The van der Waals surface area contributed by atoms with Gasteiger partial charge in [0.05, 0.1) is 26.4 Å². The number of rotatable bonds is 14. The minimum atomic E-state index is -1.40. The molecular weight excluding hydrogens is 712 g/mol. The zero-order chi connectivity index (χ0) is 40.5. The first kappa shape index (κ1) is 41.8. The number of alkyl halides is 1. The van der Waals surface area contributed by atoms with Crippen LogP contribution in [0.15, 0.2) is 65.0 Å². The Morgan fingerprint density at radius 1 is 1.20 bits per heavy atom. The molecule has 0 spiro atoms. The van der Waals surface area contributed by atoms with E-state index in [9.17, 15) is 14.7 Å². The summed E-state index contributed by atoms with van der Waals surface area (Å²) in [7, 11) is 9.31. The fourth-order valence-electron chi connectivity index (χ4n) is 9.64. The number of methoxy groups -OCH3 is 1. The first-order valence-corrected chi connectivity index (χ1v) is 20.2. The molecule has 6 aliphatic rings. The summed E-state index contributed by atoms with van der Waals surface area (Å²) in [6, 6.07) is 4.72. The molecule has 2 bridgehead atoms. The van der Waals surface area contributed by atoms with Crippen molar-refractivity contribution in [3.8, 4) is 0 Å². The molecular formula is C44H63FN6O5. The van der Waals surface area contributed by atoms with Crippen LogP contribution < -0.4 is 15.5 Å². The highest BCUT2D eigenvalue weighted by molar-refractivity contribution is 5.97. The summed E-state index contributed by atoms with van der Waals surface area (Å²) in [5.74, 6) is 1.08. The molecule has 1 aromatic rings. The number of aliphatic imine (C=N–C) groups is 1. The van der Waals surface area contributed by atoms with Gasteiger partial charge in [-0.1, -0.05) is 39.0 Å². The molecule has 4 unspecified atom stereocenters. The van der Waals surface area contributed by atoms with Crippen molar-refractivity contribution in [1.82, 2.24) is 20.6 Å². The second-order valence-electron chi connectivity index (χ2n) is 17.7. The lowest BCUT2D eigenvalue weighted by Gasteiger charge is -2.61. The third-order valence-electron chi connectivity index (χ3n) is 13.1. The van der Waals surface area contributed by atoms with Gasteiger partial charge in [0.15, 0.2) is 0 Å². The number of fused-ring (bicyclic) bond motifs is 2. The number of aliphatic hydroxyl groups is 1. The van der Waals surface area contributed by atoms with Crippen LogP contribution in [0.4, 0.5) is 10.1 Å². The van der Waals surface area contributed by atoms with Crippen LogP contribution in [0.1, 0.15) is 69.3 Å². The second-order valence-corrected chi connectivity index (χ2v) is 17.7. The molecule has 56 heavy (non-hydrogen) atoms. The Hall–Kier alpha value is -3.84. The lowest BCUT2D eigenvalue weighted by atomic mass is 9.43. The number of carbonyl (C=O) groups is 2. The number of carbonyl (C=O) groups excluding carboxylic acids is 2. The van der Waals surface area contributed by atoms with E-state index in [2.05, 4.69) is 47.4 Å². The number of nitrogens with zero attached hydrogens (tertiary/aromatic N) is 4. The van der Waals surface area contributed by atoms with E-state index in [4.69, 9.17) is 9.57 Å². The van der Waals surface area contributed by atoms with Gasteiger partial charge < -0.3 is 30.3 Å². The molecule has 3 saturated carbocycles. The Morgan fingerprint density at radius 3 is 2.59 bits per heavy atom. The van der Waals surface area contributed by atoms with Crippen LogP contribution in [0, 0.1) is 35.0 Å². The van der Waals surface area contributed by atoms with Crippen LogP contribution in [0.5, 0.6) is 0 Å². The van der Waals surface area contributed by atoms with Gasteiger partial charge in [-0.25, -0.2) is 9.38 Å². The molecule has 10 atom stereocenters. The quantitative estimate of drug-likeness (QED) is 0.214. The number of aliphatic hydroxyl groups excluding tert-OH is 1. The minimum absolute atomic E-state index is 0.0548. The third-order valence-corrected chi connectivity index (χ3v) is 13.1. The first-order valence-electron chi connectivity index (χ1n) is 20.2. The number of benzene rings is 1. The maximum Gasteiger partial charge on any atom is 0.265 e. The topological polar surface area (TPSA) is 119 Å². The van der Waals surface area contributed by atoms with Crippen molar-refractivity contribution >= 4 is 29.3 Å². The number of ether oxygens (including phenoxy) is 1. The first-order chi connectivity index (χ1) is 26.6. The fourth-order valence-corrected chi connectivity index (χ4v) is 9.64. The van der Waals surface area contributed by atoms with E-state index in [0.717, 1.165) is 12.1 Å². The van der Waals surface area contributed by atoms with Gasteiger partial charge >= 0.3 is 0 Å². The number of hydroxylamine groups is 2. The second kappa shape index (κ2) is 17.3. The zero-order valence-corrected chi connectivity index (χ0v) is 34.7. The Bertz CT molecular complexity index is 1770. The fraction of sp³-hybridized carbons (Fsp3) is 0.614. The van der Waals surface area contributed by atoms with Crippen LogP contribution in [0.3, 0.4) is 0 Å². The molecule has 2 amide bonds. The number of amides is 2. The average molecular weight is 775 g/mol. The third kappa shape index (κ3) is 8.83. The van der Waals surface area contributed by atoms with Crippen molar-refractivity contribution in [1.29, 1.82) is 0 Å². The zero-order valence-electron chi connectivity index (χ0n) is 34.7. The van der Waals surface area contributed by atoms with Crippen molar-refractivity contribution in [3.05, 3.63) is 71.2 Å². The van der Waals surface area contributed by atoms with E-state index in [1.54, 1.807) is 13.0 Å². The molecule has 0 aromatic heterocycles. The van der Waals surface area contributed by atoms with Crippen LogP contribution in [-0.2, 0) is 14.4 Å². The van der Waals surface area contributed by atoms with Crippen LogP contribution >= 0.6 is 0 Å². The van der Waals surface area contributed by atoms with E-state index in [1.165, 1.54) is 18.6 Å². The number of halogens is 1. The Labute approximate surface area is 332 Å². The summed E-state index contributed by atoms with van der Waals surface area (Å²) < 4.78 is 22.1. The van der Waals surface area contributed by atoms with E-state index in [1.807, 2.05) is 75.9 Å². The molecule has 11 nitrogen and oxygen atoms in total. The summed E-state index contributed by atoms with van der Waals surface area (Å²) in [5, 5.41) is 18.8. The van der Waals surface area contributed by atoms with Crippen molar-refractivity contribution in [2.24, 2.45) is 40.0 Å². The van der Waals surface area contributed by atoms with Gasteiger partial charge in [-0.3, -0.25) is 14.4 Å². The van der Waals surface area contributed by atoms with Gasteiger partial charge in [0, 0.05) is 73.7 Å². The Balaban J connectivity index is 1.25.